The van der Waals surface area contributed by atoms with Crippen molar-refractivity contribution in [2.45, 2.75) is 13.3 Å². The number of ether oxygens (including phenoxy) is 1. The van der Waals surface area contributed by atoms with Crippen molar-refractivity contribution < 1.29 is 4.74 Å². The van der Waals surface area contributed by atoms with Crippen LogP contribution in [0.3, 0.4) is 0 Å². The van der Waals surface area contributed by atoms with Crippen LogP contribution in [-0.4, -0.2) is 30.2 Å². The smallest absolute Gasteiger partial charge is 0.163 e. The van der Waals surface area contributed by atoms with Gasteiger partial charge in [0.15, 0.2) is 5.82 Å². The number of hydrogen-bond acceptors (Lipinski definition) is 5. The van der Waals surface area contributed by atoms with Gasteiger partial charge in [-0.15, -0.1) is 11.3 Å². The van der Waals surface area contributed by atoms with Gasteiger partial charge < -0.3 is 9.64 Å². The van der Waals surface area contributed by atoms with Gasteiger partial charge in [0.05, 0.1) is 12.1 Å². The molecule has 142 valence electrons. The summed E-state index contributed by atoms with van der Waals surface area (Å²) in [4.78, 5) is 13.2. The third-order valence-electron chi connectivity index (χ3n) is 4.64. The maximum absolute atomic E-state index is 5.86. The summed E-state index contributed by atoms with van der Waals surface area (Å²) in [7, 11) is 2.05. The number of nitrogens with zero attached hydrogens (tertiary/aromatic N) is 3. The lowest BCUT2D eigenvalue weighted by molar-refractivity contribution is 0.326. The van der Waals surface area contributed by atoms with Gasteiger partial charge in [-0.2, -0.15) is 0 Å². The predicted octanol–water partition coefficient (Wildman–Crippen LogP) is 5.44. The molecule has 4 aromatic rings. The summed E-state index contributed by atoms with van der Waals surface area (Å²) in [5.74, 6) is 2.59. The third kappa shape index (κ3) is 3.99. The second-order valence-corrected chi connectivity index (χ2v) is 7.62. The van der Waals surface area contributed by atoms with Crippen LogP contribution in [-0.2, 0) is 6.42 Å². The third-order valence-corrected chi connectivity index (χ3v) is 5.72. The molecule has 0 aliphatic heterocycles. The highest BCUT2D eigenvalue weighted by Crippen LogP contribution is 2.29. The largest absolute Gasteiger partial charge is 0.492 e. The van der Waals surface area contributed by atoms with E-state index in [1.165, 1.54) is 4.88 Å². The van der Waals surface area contributed by atoms with E-state index >= 15 is 0 Å². The molecular formula is C23H23N3OS. The van der Waals surface area contributed by atoms with Crippen molar-refractivity contribution in [3.8, 4) is 17.1 Å². The van der Waals surface area contributed by atoms with Crippen LogP contribution in [0.2, 0.25) is 0 Å². The molecule has 4 rings (SSSR count). The Balaban J connectivity index is 1.60. The van der Waals surface area contributed by atoms with Crippen molar-refractivity contribution in [2.24, 2.45) is 0 Å². The summed E-state index contributed by atoms with van der Waals surface area (Å²) < 4.78 is 5.86. The first-order valence-corrected chi connectivity index (χ1v) is 10.4. The number of hydrogen-bond donors (Lipinski definition) is 0. The molecule has 0 bridgehead atoms. The molecule has 0 amide bonds. The molecule has 5 heteroatoms. The topological polar surface area (TPSA) is 38.2 Å². The summed E-state index contributed by atoms with van der Waals surface area (Å²) in [5.41, 5.74) is 2.05. The average molecular weight is 390 g/mol. The zero-order valence-corrected chi connectivity index (χ0v) is 16.9. The van der Waals surface area contributed by atoms with Gasteiger partial charge in [0.25, 0.3) is 0 Å². The van der Waals surface area contributed by atoms with E-state index in [0.29, 0.717) is 6.61 Å². The maximum Gasteiger partial charge on any atom is 0.163 e. The summed E-state index contributed by atoms with van der Waals surface area (Å²) in [6, 6.07) is 20.3. The lowest BCUT2D eigenvalue weighted by Gasteiger charge is -2.20. The molecule has 4 nitrogen and oxygen atoms in total. The van der Waals surface area contributed by atoms with Crippen LogP contribution in [0.4, 0.5) is 5.82 Å². The minimum absolute atomic E-state index is 0.590. The molecule has 28 heavy (non-hydrogen) atoms. The van der Waals surface area contributed by atoms with Crippen LogP contribution in [0.25, 0.3) is 22.3 Å². The van der Waals surface area contributed by atoms with Gasteiger partial charge in [-0.3, -0.25) is 0 Å². The zero-order valence-electron chi connectivity index (χ0n) is 16.1. The molecule has 0 spiro atoms. The molecule has 2 heterocycles. The molecule has 0 atom stereocenters. The molecular weight excluding hydrogens is 366 g/mol. The fourth-order valence-electron chi connectivity index (χ4n) is 3.09. The second kappa shape index (κ2) is 8.40. The Morgan fingerprint density at radius 2 is 1.79 bits per heavy atom. The quantitative estimate of drug-likeness (QED) is 0.422. The highest BCUT2D eigenvalue weighted by Gasteiger charge is 2.14. The minimum atomic E-state index is 0.590. The Bertz CT molecular complexity index is 1060. The first kappa shape index (κ1) is 18.4. The number of aromatic nitrogens is 2. The first-order valence-electron chi connectivity index (χ1n) is 9.48. The van der Waals surface area contributed by atoms with Crippen molar-refractivity contribution in [2.75, 3.05) is 25.1 Å². The number of aryl methyl sites for hydroxylation is 1. The summed E-state index contributed by atoms with van der Waals surface area (Å²) in [6.07, 6.45) is 1.03. The highest BCUT2D eigenvalue weighted by atomic mass is 32.1. The standard InChI is InChI=1S/C23H23N3OS/c1-3-19-15-17(16-28-19)22-24-21-12-8-7-11-20(21)23(25-22)26(2)13-14-27-18-9-5-4-6-10-18/h4-12,15-16H,3,13-14H2,1-2H3. The SMILES string of the molecule is CCc1cc(-c2nc(N(C)CCOc3ccccc3)c3ccccc3n2)cs1. The van der Waals surface area contributed by atoms with Crippen LogP contribution < -0.4 is 9.64 Å². The van der Waals surface area contributed by atoms with Gasteiger partial charge in [-0.25, -0.2) is 9.97 Å². The van der Waals surface area contributed by atoms with E-state index in [9.17, 15) is 0 Å². The Labute approximate surface area is 169 Å². The van der Waals surface area contributed by atoms with Gasteiger partial charge in [0.2, 0.25) is 0 Å². The first-order chi connectivity index (χ1) is 13.7. The van der Waals surface area contributed by atoms with E-state index in [1.807, 2.05) is 48.5 Å². The fraction of sp³-hybridized carbons (Fsp3) is 0.217. The van der Waals surface area contributed by atoms with E-state index < -0.39 is 0 Å². The number of benzene rings is 2. The summed E-state index contributed by atoms with van der Waals surface area (Å²) in [5, 5.41) is 3.20. The molecule has 2 aromatic carbocycles. The molecule has 0 unspecified atom stereocenters. The number of anilines is 1. The van der Waals surface area contributed by atoms with E-state index in [-0.39, 0.29) is 0 Å². The lowest BCUT2D eigenvalue weighted by Crippen LogP contribution is -2.25. The van der Waals surface area contributed by atoms with Gasteiger partial charge in [-0.05, 0) is 36.8 Å². The number of fused-ring (bicyclic) bond motifs is 1. The lowest BCUT2D eigenvalue weighted by atomic mass is 10.2. The Morgan fingerprint density at radius 1 is 1.00 bits per heavy atom. The van der Waals surface area contributed by atoms with E-state index in [1.54, 1.807) is 11.3 Å². The van der Waals surface area contributed by atoms with Crippen molar-refractivity contribution in [3.05, 3.63) is 70.9 Å². The van der Waals surface area contributed by atoms with Crippen LogP contribution in [0, 0.1) is 0 Å². The Kier molecular flexibility index (Phi) is 5.53. The molecule has 0 N–H and O–H groups in total. The molecule has 0 fully saturated rings. The summed E-state index contributed by atoms with van der Waals surface area (Å²) >= 11 is 1.76. The Morgan fingerprint density at radius 3 is 2.57 bits per heavy atom. The molecule has 0 saturated heterocycles. The molecule has 0 aliphatic carbocycles. The second-order valence-electron chi connectivity index (χ2n) is 6.63. The molecule has 2 aromatic heterocycles. The van der Waals surface area contributed by atoms with E-state index in [2.05, 4.69) is 36.4 Å². The van der Waals surface area contributed by atoms with Crippen LogP contribution in [0.5, 0.6) is 5.75 Å². The molecule has 0 radical (unpaired) electrons. The van der Waals surface area contributed by atoms with Gasteiger partial charge in [-0.1, -0.05) is 37.3 Å². The van der Waals surface area contributed by atoms with Gasteiger partial charge in [0.1, 0.15) is 18.2 Å². The summed E-state index contributed by atoms with van der Waals surface area (Å²) in [6.45, 7) is 3.49. The average Bonchev–Trinajstić information content (AvgIpc) is 3.23. The van der Waals surface area contributed by atoms with Crippen LogP contribution >= 0.6 is 11.3 Å². The van der Waals surface area contributed by atoms with Crippen molar-refractivity contribution in [3.63, 3.8) is 0 Å². The van der Waals surface area contributed by atoms with Crippen LogP contribution in [0.1, 0.15) is 11.8 Å². The van der Waals surface area contributed by atoms with Crippen LogP contribution in [0.15, 0.2) is 66.0 Å². The molecule has 0 aliphatic rings. The monoisotopic (exact) mass is 389 g/mol. The van der Waals surface area contributed by atoms with Gasteiger partial charge >= 0.3 is 0 Å². The normalized spacial score (nSPS) is 10.9. The van der Waals surface area contributed by atoms with Crippen molar-refractivity contribution in [1.29, 1.82) is 0 Å². The highest BCUT2D eigenvalue weighted by molar-refractivity contribution is 7.10. The minimum Gasteiger partial charge on any atom is -0.492 e. The maximum atomic E-state index is 5.86. The molecule has 0 saturated carbocycles. The number of thiophene rings is 1. The fourth-order valence-corrected chi connectivity index (χ4v) is 3.90. The van der Waals surface area contributed by atoms with Crippen molar-refractivity contribution in [1.82, 2.24) is 9.97 Å². The van der Waals surface area contributed by atoms with E-state index in [4.69, 9.17) is 14.7 Å². The van der Waals surface area contributed by atoms with Gasteiger partial charge in [0, 0.05) is 28.3 Å². The van der Waals surface area contributed by atoms with E-state index in [0.717, 1.165) is 46.8 Å². The number of likely N-dealkylation sites (N-methyl/N-ethyl adjacent to an activating group) is 1. The zero-order chi connectivity index (χ0) is 19.3. The van der Waals surface area contributed by atoms with Crippen molar-refractivity contribution >= 4 is 28.1 Å². The number of para-hydroxylation sites is 2. The number of rotatable bonds is 7. The predicted molar refractivity (Wildman–Crippen MR) is 117 cm³/mol. The Hall–Kier alpha value is -2.92.